The van der Waals surface area contributed by atoms with E-state index >= 15 is 0 Å². The lowest BCUT2D eigenvalue weighted by Crippen LogP contribution is -2.30. The molecule has 0 heterocycles. The van der Waals surface area contributed by atoms with Gasteiger partial charge in [0, 0.05) is 19.3 Å². The third-order valence-electron chi connectivity index (χ3n) is 13.0. The topological polar surface area (TPSA) is 78.9 Å². The quantitative estimate of drug-likeness (QED) is 0.0344. The smallest absolute Gasteiger partial charge is 0.306 e. The molecule has 0 spiro atoms. The molecule has 0 aliphatic rings. The third-order valence-corrected chi connectivity index (χ3v) is 13.0. The predicted octanol–water partition coefficient (Wildman–Crippen LogP) is 18.6. The fourth-order valence-corrected chi connectivity index (χ4v) is 8.75. The first-order valence-corrected chi connectivity index (χ1v) is 28.4. The average molecular weight is 892 g/mol. The Balaban J connectivity index is 4.30. The second-order valence-electron chi connectivity index (χ2n) is 20.1. The van der Waals surface area contributed by atoms with Crippen LogP contribution in [0.3, 0.4) is 0 Å². The Morgan fingerprint density at radius 3 is 0.778 bits per heavy atom. The van der Waals surface area contributed by atoms with Crippen LogP contribution in [0.4, 0.5) is 0 Å². The van der Waals surface area contributed by atoms with Crippen LogP contribution in [0.25, 0.3) is 0 Å². The van der Waals surface area contributed by atoms with Crippen LogP contribution in [-0.4, -0.2) is 37.2 Å². The maximum absolute atomic E-state index is 12.8. The van der Waals surface area contributed by atoms with E-state index in [1.54, 1.807) is 0 Å². The van der Waals surface area contributed by atoms with Gasteiger partial charge in [0.1, 0.15) is 13.2 Å². The zero-order chi connectivity index (χ0) is 45.9. The zero-order valence-electron chi connectivity index (χ0n) is 43.0. The maximum Gasteiger partial charge on any atom is 0.306 e. The van der Waals surface area contributed by atoms with E-state index in [2.05, 4.69) is 27.7 Å². The summed E-state index contributed by atoms with van der Waals surface area (Å²) in [6.07, 6.45) is 55.2. The molecule has 0 unspecified atom stereocenters. The first kappa shape index (κ1) is 61.4. The van der Waals surface area contributed by atoms with Crippen LogP contribution in [0.15, 0.2) is 0 Å². The molecule has 0 aromatic heterocycles. The van der Waals surface area contributed by atoms with Crippen molar-refractivity contribution in [2.75, 3.05) is 13.2 Å². The fourth-order valence-electron chi connectivity index (χ4n) is 8.75. The predicted molar refractivity (Wildman–Crippen MR) is 270 cm³/mol. The van der Waals surface area contributed by atoms with Gasteiger partial charge in [0.2, 0.25) is 0 Å². The van der Waals surface area contributed by atoms with E-state index in [1.165, 1.54) is 218 Å². The molecule has 0 saturated carbocycles. The molecule has 0 aromatic rings. The molecule has 6 heteroatoms. The number of rotatable bonds is 52. The van der Waals surface area contributed by atoms with Crippen LogP contribution in [0, 0.1) is 5.92 Å². The number of carbonyl (C=O) groups is 3. The number of unbranched alkanes of at least 4 members (excludes halogenated alkanes) is 39. The number of hydrogen-bond donors (Lipinski definition) is 0. The molecule has 0 N–H and O–H groups in total. The molecule has 374 valence electrons. The average Bonchev–Trinajstić information content (AvgIpc) is 3.27. The van der Waals surface area contributed by atoms with Crippen molar-refractivity contribution >= 4 is 17.9 Å². The van der Waals surface area contributed by atoms with E-state index in [4.69, 9.17) is 14.2 Å². The van der Waals surface area contributed by atoms with Crippen LogP contribution < -0.4 is 0 Å². The van der Waals surface area contributed by atoms with Crippen molar-refractivity contribution in [2.24, 2.45) is 5.92 Å². The molecule has 1 atom stereocenters. The van der Waals surface area contributed by atoms with Gasteiger partial charge in [0.25, 0.3) is 0 Å². The lowest BCUT2D eigenvalue weighted by Gasteiger charge is -2.18. The van der Waals surface area contributed by atoms with Crippen LogP contribution in [0.1, 0.15) is 323 Å². The summed E-state index contributed by atoms with van der Waals surface area (Å²) in [5, 5.41) is 0. The fraction of sp³-hybridized carbons (Fsp3) is 0.947. The minimum Gasteiger partial charge on any atom is -0.462 e. The van der Waals surface area contributed by atoms with Gasteiger partial charge in [0.05, 0.1) is 0 Å². The number of carbonyl (C=O) groups excluding carboxylic acids is 3. The van der Waals surface area contributed by atoms with Crippen molar-refractivity contribution < 1.29 is 28.6 Å². The molecule has 0 saturated heterocycles. The van der Waals surface area contributed by atoms with Crippen LogP contribution >= 0.6 is 0 Å². The normalized spacial score (nSPS) is 12.0. The van der Waals surface area contributed by atoms with E-state index in [0.29, 0.717) is 19.3 Å². The Morgan fingerprint density at radius 1 is 0.302 bits per heavy atom. The van der Waals surface area contributed by atoms with Crippen molar-refractivity contribution in [2.45, 2.75) is 329 Å². The first-order valence-electron chi connectivity index (χ1n) is 28.4. The van der Waals surface area contributed by atoms with Crippen molar-refractivity contribution in [1.29, 1.82) is 0 Å². The summed E-state index contributed by atoms with van der Waals surface area (Å²) in [7, 11) is 0. The highest BCUT2D eigenvalue weighted by molar-refractivity contribution is 5.71. The van der Waals surface area contributed by atoms with Gasteiger partial charge in [-0.3, -0.25) is 14.4 Å². The number of hydrogen-bond acceptors (Lipinski definition) is 6. The Morgan fingerprint density at radius 2 is 0.524 bits per heavy atom. The van der Waals surface area contributed by atoms with E-state index in [0.717, 1.165) is 63.7 Å². The van der Waals surface area contributed by atoms with Crippen molar-refractivity contribution in [1.82, 2.24) is 0 Å². The lowest BCUT2D eigenvalue weighted by molar-refractivity contribution is -0.167. The van der Waals surface area contributed by atoms with E-state index in [1.807, 2.05) is 0 Å². The molecule has 6 nitrogen and oxygen atoms in total. The monoisotopic (exact) mass is 891 g/mol. The van der Waals surface area contributed by atoms with E-state index < -0.39 is 6.10 Å². The van der Waals surface area contributed by atoms with Crippen LogP contribution in [-0.2, 0) is 28.6 Å². The van der Waals surface area contributed by atoms with Gasteiger partial charge < -0.3 is 14.2 Å². The Kier molecular flexibility index (Phi) is 50.1. The minimum atomic E-state index is -0.761. The van der Waals surface area contributed by atoms with Crippen LogP contribution in [0.2, 0.25) is 0 Å². The summed E-state index contributed by atoms with van der Waals surface area (Å²) >= 11 is 0. The third kappa shape index (κ3) is 51.3. The summed E-state index contributed by atoms with van der Waals surface area (Å²) in [4.78, 5) is 38.1. The van der Waals surface area contributed by atoms with Gasteiger partial charge in [-0.15, -0.1) is 0 Å². The molecule has 0 radical (unpaired) electrons. The SMILES string of the molecule is CCCCCCCCCCCCCCCCCCC(=O)OC[C@H](COC(=O)CCCCCCCCCCCCC(C)C)OC(=O)CCCCCCCCCCCCCCCCCC. The van der Waals surface area contributed by atoms with E-state index in [9.17, 15) is 14.4 Å². The molecule has 63 heavy (non-hydrogen) atoms. The highest BCUT2D eigenvalue weighted by Gasteiger charge is 2.19. The van der Waals surface area contributed by atoms with Gasteiger partial charge in [-0.25, -0.2) is 0 Å². The molecule has 0 fully saturated rings. The van der Waals surface area contributed by atoms with Crippen LogP contribution in [0.5, 0.6) is 0 Å². The number of esters is 3. The molecule has 0 aromatic carbocycles. The molecule has 0 amide bonds. The van der Waals surface area contributed by atoms with Gasteiger partial charge in [0.15, 0.2) is 6.10 Å². The van der Waals surface area contributed by atoms with Crippen molar-refractivity contribution in [3.8, 4) is 0 Å². The van der Waals surface area contributed by atoms with E-state index in [-0.39, 0.29) is 31.1 Å². The maximum atomic E-state index is 12.8. The van der Waals surface area contributed by atoms with Crippen molar-refractivity contribution in [3.05, 3.63) is 0 Å². The molecule has 0 aliphatic heterocycles. The minimum absolute atomic E-state index is 0.0621. The highest BCUT2D eigenvalue weighted by Crippen LogP contribution is 2.18. The largest absolute Gasteiger partial charge is 0.462 e. The second kappa shape index (κ2) is 51.4. The lowest BCUT2D eigenvalue weighted by atomic mass is 10.0. The second-order valence-corrected chi connectivity index (χ2v) is 20.1. The van der Waals surface area contributed by atoms with Crippen molar-refractivity contribution in [3.63, 3.8) is 0 Å². The van der Waals surface area contributed by atoms with Gasteiger partial charge >= 0.3 is 17.9 Å². The van der Waals surface area contributed by atoms with Gasteiger partial charge in [-0.2, -0.15) is 0 Å². The molecule has 0 aliphatic carbocycles. The highest BCUT2D eigenvalue weighted by atomic mass is 16.6. The Labute approximate surface area is 393 Å². The molecular formula is C57H110O6. The number of ether oxygens (including phenoxy) is 3. The summed E-state index contributed by atoms with van der Waals surface area (Å²) < 4.78 is 16.9. The zero-order valence-corrected chi connectivity index (χ0v) is 43.0. The standard InChI is InChI=1S/C57H110O6/c1-5-7-9-11-13-15-17-19-21-23-25-27-32-36-40-44-48-55(58)61-51-54(52-62-56(59)49-45-41-37-33-30-29-31-35-39-43-47-53(3)4)63-57(60)50-46-42-38-34-28-26-24-22-20-18-16-14-12-10-8-6-2/h53-54H,5-52H2,1-4H3/t54-/m1/s1. The summed E-state index contributed by atoms with van der Waals surface area (Å²) in [6, 6.07) is 0. The molecule has 0 rings (SSSR count). The molecular weight excluding hydrogens is 781 g/mol. The van der Waals surface area contributed by atoms with Gasteiger partial charge in [-0.05, 0) is 25.2 Å². The summed E-state index contributed by atoms with van der Waals surface area (Å²) in [5.41, 5.74) is 0. The first-order chi connectivity index (χ1) is 30.9. The Hall–Kier alpha value is -1.59. The Bertz CT molecular complexity index is 949. The summed E-state index contributed by atoms with van der Waals surface area (Å²) in [6.45, 7) is 9.04. The molecule has 0 bridgehead atoms. The summed E-state index contributed by atoms with van der Waals surface area (Å²) in [5.74, 6) is -0.0188. The van der Waals surface area contributed by atoms with Gasteiger partial charge in [-0.1, -0.05) is 285 Å².